The number of nitrogens with one attached hydrogen (secondary N) is 1. The van der Waals surface area contributed by atoms with Gasteiger partial charge < -0.3 is 4.74 Å². The number of ether oxygens (including phenoxy) is 1. The summed E-state index contributed by atoms with van der Waals surface area (Å²) in [6.07, 6.45) is 1.60. The molecule has 0 amide bonds. The van der Waals surface area contributed by atoms with Gasteiger partial charge in [-0.15, -0.1) is 0 Å². The van der Waals surface area contributed by atoms with Gasteiger partial charge in [0, 0.05) is 11.6 Å². The van der Waals surface area contributed by atoms with Crippen molar-refractivity contribution in [2.45, 2.75) is 64.8 Å². The van der Waals surface area contributed by atoms with E-state index in [1.807, 2.05) is 20.8 Å². The predicted octanol–water partition coefficient (Wildman–Crippen LogP) is 5.28. The van der Waals surface area contributed by atoms with Crippen LogP contribution in [0.1, 0.15) is 54.4 Å². The smallest absolute Gasteiger partial charge is 0.242 e. The third kappa shape index (κ3) is 6.43. The molecule has 0 spiro atoms. The highest BCUT2D eigenvalue weighted by Gasteiger charge is 2.29. The maximum Gasteiger partial charge on any atom is 0.242 e. The van der Waals surface area contributed by atoms with Gasteiger partial charge in [0.1, 0.15) is 10.6 Å². The maximum atomic E-state index is 12.7. The molecule has 1 rings (SSSR count). The van der Waals surface area contributed by atoms with Crippen molar-refractivity contribution in [2.24, 2.45) is 5.41 Å². The van der Waals surface area contributed by atoms with Gasteiger partial charge in [0.25, 0.3) is 0 Å². The van der Waals surface area contributed by atoms with Crippen LogP contribution in [0.2, 0.25) is 10.0 Å². The van der Waals surface area contributed by atoms with Crippen molar-refractivity contribution in [1.29, 1.82) is 0 Å². The average molecular weight is 396 g/mol. The fourth-order valence-corrected chi connectivity index (χ4v) is 4.41. The lowest BCUT2D eigenvalue weighted by Gasteiger charge is -2.30. The number of hydrogen-bond donors (Lipinski definition) is 1. The Bertz CT molecular complexity index is 680. The number of benzene rings is 1. The van der Waals surface area contributed by atoms with Crippen molar-refractivity contribution in [3.8, 4) is 5.75 Å². The van der Waals surface area contributed by atoms with Crippen LogP contribution in [0.25, 0.3) is 0 Å². The highest BCUT2D eigenvalue weighted by Crippen LogP contribution is 2.34. The molecular weight excluding hydrogens is 369 g/mol. The Morgan fingerprint density at radius 1 is 1.04 bits per heavy atom. The summed E-state index contributed by atoms with van der Waals surface area (Å²) in [6.45, 7) is 12.3. The fourth-order valence-electron chi connectivity index (χ4n) is 2.14. The lowest BCUT2D eigenvalue weighted by molar-refractivity contribution is 0.302. The summed E-state index contributed by atoms with van der Waals surface area (Å²) >= 11 is 12.2. The monoisotopic (exact) mass is 395 g/mol. The zero-order valence-electron chi connectivity index (χ0n) is 15.2. The second kappa shape index (κ2) is 7.81. The van der Waals surface area contributed by atoms with Gasteiger partial charge in [-0.25, -0.2) is 13.1 Å². The second-order valence-corrected chi connectivity index (χ2v) is 10.2. The molecule has 0 aliphatic heterocycles. The molecule has 0 fully saturated rings. The van der Waals surface area contributed by atoms with Crippen LogP contribution in [-0.4, -0.2) is 20.6 Å². The van der Waals surface area contributed by atoms with Crippen molar-refractivity contribution in [3.63, 3.8) is 0 Å². The lowest BCUT2D eigenvalue weighted by atomic mass is 9.85. The van der Waals surface area contributed by atoms with Crippen molar-refractivity contribution in [2.75, 3.05) is 6.61 Å². The van der Waals surface area contributed by atoms with Crippen LogP contribution in [0.3, 0.4) is 0 Å². The van der Waals surface area contributed by atoms with E-state index in [9.17, 15) is 8.42 Å². The van der Waals surface area contributed by atoms with E-state index in [0.717, 1.165) is 6.42 Å². The third-order valence-electron chi connectivity index (χ3n) is 3.49. The molecule has 0 radical (unpaired) electrons. The first-order valence-electron chi connectivity index (χ1n) is 7.93. The minimum Gasteiger partial charge on any atom is -0.492 e. The van der Waals surface area contributed by atoms with Crippen molar-refractivity contribution < 1.29 is 13.2 Å². The number of hydrogen-bond acceptors (Lipinski definition) is 3. The molecule has 0 aromatic heterocycles. The van der Waals surface area contributed by atoms with Crippen molar-refractivity contribution >= 4 is 33.2 Å². The molecule has 1 N–H and O–H groups in total. The van der Waals surface area contributed by atoms with E-state index in [2.05, 4.69) is 25.5 Å². The van der Waals surface area contributed by atoms with Gasteiger partial charge in [0.05, 0.1) is 16.7 Å². The lowest BCUT2D eigenvalue weighted by Crippen LogP contribution is -2.43. The van der Waals surface area contributed by atoms with E-state index in [-0.39, 0.29) is 20.4 Å². The summed E-state index contributed by atoms with van der Waals surface area (Å²) in [5.74, 6) is 0.370. The maximum absolute atomic E-state index is 12.7. The molecule has 4 nitrogen and oxygen atoms in total. The van der Waals surface area contributed by atoms with E-state index >= 15 is 0 Å². The molecule has 0 saturated heterocycles. The average Bonchev–Trinajstić information content (AvgIpc) is 2.39. The van der Waals surface area contributed by atoms with Crippen LogP contribution in [0, 0.1) is 5.41 Å². The van der Waals surface area contributed by atoms with E-state index in [1.54, 1.807) is 0 Å². The molecule has 0 unspecified atom stereocenters. The predicted molar refractivity (Wildman–Crippen MR) is 101 cm³/mol. The quantitative estimate of drug-likeness (QED) is 0.683. The Morgan fingerprint density at radius 2 is 1.62 bits per heavy atom. The highest BCUT2D eigenvalue weighted by molar-refractivity contribution is 7.89. The van der Waals surface area contributed by atoms with Crippen LogP contribution < -0.4 is 9.46 Å². The zero-order chi connectivity index (χ0) is 18.8. The first kappa shape index (κ1) is 21.6. The number of rotatable bonds is 7. The Kier molecular flexibility index (Phi) is 7.02. The van der Waals surface area contributed by atoms with Gasteiger partial charge in [0.15, 0.2) is 0 Å². The second-order valence-electron chi connectivity index (χ2n) is 7.70. The molecule has 0 bridgehead atoms. The van der Waals surface area contributed by atoms with Crippen molar-refractivity contribution in [1.82, 2.24) is 4.72 Å². The minimum absolute atomic E-state index is 0.0403. The summed E-state index contributed by atoms with van der Waals surface area (Å²) in [4.78, 5) is -0.0403. The van der Waals surface area contributed by atoms with E-state index in [0.29, 0.717) is 18.8 Å². The molecule has 0 heterocycles. The summed E-state index contributed by atoms with van der Waals surface area (Å²) in [6, 6.07) is 2.77. The summed E-state index contributed by atoms with van der Waals surface area (Å²) < 4.78 is 33.5. The van der Waals surface area contributed by atoms with Gasteiger partial charge in [-0.2, -0.15) is 0 Å². The third-order valence-corrected chi connectivity index (χ3v) is 5.94. The van der Waals surface area contributed by atoms with Gasteiger partial charge >= 0.3 is 0 Å². The minimum atomic E-state index is -3.79. The first-order valence-corrected chi connectivity index (χ1v) is 10.2. The molecule has 0 saturated carbocycles. The van der Waals surface area contributed by atoms with Crippen LogP contribution in [0.15, 0.2) is 17.0 Å². The SMILES string of the molecule is CCOc1cc(Cl)c(S(=O)(=O)NC(C)(C)CCC(C)(C)C)cc1Cl. The van der Waals surface area contributed by atoms with Crippen molar-refractivity contribution in [3.05, 3.63) is 22.2 Å². The standard InChI is InChI=1S/C17H27Cl2NO3S/c1-7-23-14-10-13(19)15(11-12(14)18)24(21,22)20-17(5,6)9-8-16(2,3)4/h10-11,20H,7-9H2,1-6H3. The van der Waals surface area contributed by atoms with Crippen LogP contribution >= 0.6 is 23.2 Å². The molecule has 138 valence electrons. The normalized spacial score (nSPS) is 13.2. The summed E-state index contributed by atoms with van der Waals surface area (Å²) in [5.41, 5.74) is -0.469. The summed E-state index contributed by atoms with van der Waals surface area (Å²) in [7, 11) is -3.79. The summed E-state index contributed by atoms with van der Waals surface area (Å²) in [5, 5.41) is 0.302. The Labute approximate surface area is 155 Å². The largest absolute Gasteiger partial charge is 0.492 e. The first-order chi connectivity index (χ1) is 10.8. The van der Waals surface area contributed by atoms with E-state index in [1.165, 1.54) is 12.1 Å². The molecule has 0 aliphatic carbocycles. The highest BCUT2D eigenvalue weighted by atomic mass is 35.5. The molecule has 0 aliphatic rings. The topological polar surface area (TPSA) is 55.4 Å². The Morgan fingerprint density at radius 3 is 2.12 bits per heavy atom. The van der Waals surface area contributed by atoms with Gasteiger partial charge in [0.2, 0.25) is 10.0 Å². The fraction of sp³-hybridized carbons (Fsp3) is 0.647. The van der Waals surface area contributed by atoms with Gasteiger partial charge in [-0.1, -0.05) is 44.0 Å². The van der Waals surface area contributed by atoms with E-state index in [4.69, 9.17) is 27.9 Å². The molecule has 0 atom stereocenters. The molecule has 7 heteroatoms. The van der Waals surface area contributed by atoms with Crippen LogP contribution in [0.5, 0.6) is 5.75 Å². The number of halogens is 2. The van der Waals surface area contributed by atoms with E-state index < -0.39 is 15.6 Å². The number of sulfonamides is 1. The Balaban J connectivity index is 3.06. The zero-order valence-corrected chi connectivity index (χ0v) is 17.5. The van der Waals surface area contributed by atoms with Gasteiger partial charge in [-0.3, -0.25) is 0 Å². The molecule has 1 aromatic carbocycles. The molecule has 24 heavy (non-hydrogen) atoms. The molecule has 1 aromatic rings. The van der Waals surface area contributed by atoms with Crippen LogP contribution in [0.4, 0.5) is 0 Å². The van der Waals surface area contributed by atoms with Crippen LogP contribution in [-0.2, 0) is 10.0 Å². The Hall–Kier alpha value is -0.490. The van der Waals surface area contributed by atoms with Gasteiger partial charge in [-0.05, 0) is 45.1 Å². The molecular formula is C17H27Cl2NO3S.